The van der Waals surface area contributed by atoms with Gasteiger partial charge in [-0.3, -0.25) is 4.79 Å². The Morgan fingerprint density at radius 3 is 2.37 bits per heavy atom. The standard InChI is InChI=1S/C15H24N2O2/c1-4-14(18)12-7-9-13(10-8-12)17(6-3)11-15(19)16-5-2/h7-10,14,18H,4-6,11H2,1-3H3,(H,16,19)/t14-/m0/s1. The van der Waals surface area contributed by atoms with Gasteiger partial charge < -0.3 is 15.3 Å². The van der Waals surface area contributed by atoms with E-state index in [2.05, 4.69) is 5.32 Å². The minimum Gasteiger partial charge on any atom is -0.388 e. The van der Waals surface area contributed by atoms with Crippen LogP contribution in [-0.4, -0.2) is 30.6 Å². The van der Waals surface area contributed by atoms with E-state index in [1.54, 1.807) is 0 Å². The largest absolute Gasteiger partial charge is 0.388 e. The molecule has 0 aromatic heterocycles. The van der Waals surface area contributed by atoms with Gasteiger partial charge in [-0.25, -0.2) is 0 Å². The molecule has 1 aromatic rings. The molecule has 0 saturated carbocycles. The fourth-order valence-electron chi connectivity index (χ4n) is 1.96. The number of nitrogens with zero attached hydrogens (tertiary/aromatic N) is 1. The number of aliphatic hydroxyl groups excluding tert-OH is 1. The first-order valence-electron chi connectivity index (χ1n) is 6.92. The van der Waals surface area contributed by atoms with Gasteiger partial charge in [0.05, 0.1) is 12.6 Å². The number of anilines is 1. The molecule has 4 nitrogen and oxygen atoms in total. The van der Waals surface area contributed by atoms with Crippen LogP contribution in [0.5, 0.6) is 0 Å². The molecular formula is C15H24N2O2. The molecule has 0 spiro atoms. The third-order valence-electron chi connectivity index (χ3n) is 3.12. The lowest BCUT2D eigenvalue weighted by Gasteiger charge is -2.23. The Balaban J connectivity index is 2.73. The maximum Gasteiger partial charge on any atom is 0.239 e. The van der Waals surface area contributed by atoms with Gasteiger partial charge in [0.1, 0.15) is 0 Å². The number of hydrogen-bond donors (Lipinski definition) is 2. The third-order valence-corrected chi connectivity index (χ3v) is 3.12. The number of aliphatic hydroxyl groups is 1. The van der Waals surface area contributed by atoms with Gasteiger partial charge in [0, 0.05) is 18.8 Å². The predicted molar refractivity (Wildman–Crippen MR) is 78.3 cm³/mol. The molecule has 2 N–H and O–H groups in total. The summed E-state index contributed by atoms with van der Waals surface area (Å²) in [6.07, 6.45) is 0.294. The molecule has 1 amide bonds. The third kappa shape index (κ3) is 4.56. The van der Waals surface area contributed by atoms with E-state index in [1.807, 2.05) is 49.9 Å². The van der Waals surface area contributed by atoms with Crippen LogP contribution in [-0.2, 0) is 4.79 Å². The summed E-state index contributed by atoms with van der Waals surface area (Å²) in [6, 6.07) is 7.75. The van der Waals surface area contributed by atoms with E-state index in [4.69, 9.17) is 0 Å². The van der Waals surface area contributed by atoms with Gasteiger partial charge in [-0.1, -0.05) is 19.1 Å². The first-order chi connectivity index (χ1) is 9.12. The van der Waals surface area contributed by atoms with E-state index in [0.29, 0.717) is 19.5 Å². The Morgan fingerprint density at radius 2 is 1.89 bits per heavy atom. The lowest BCUT2D eigenvalue weighted by atomic mass is 10.1. The summed E-state index contributed by atoms with van der Waals surface area (Å²) in [5, 5.41) is 12.6. The molecule has 0 aliphatic rings. The van der Waals surface area contributed by atoms with Crippen LogP contribution in [0.3, 0.4) is 0 Å². The highest BCUT2D eigenvalue weighted by atomic mass is 16.3. The summed E-state index contributed by atoms with van der Waals surface area (Å²) in [5.41, 5.74) is 1.92. The Kier molecular flexibility index (Phi) is 6.36. The summed E-state index contributed by atoms with van der Waals surface area (Å²) in [7, 11) is 0. The van der Waals surface area contributed by atoms with Crippen molar-refractivity contribution in [2.45, 2.75) is 33.3 Å². The van der Waals surface area contributed by atoms with Crippen molar-refractivity contribution in [3.8, 4) is 0 Å². The van der Waals surface area contributed by atoms with E-state index >= 15 is 0 Å². The predicted octanol–water partition coefficient (Wildman–Crippen LogP) is 2.09. The van der Waals surface area contributed by atoms with E-state index in [-0.39, 0.29) is 5.91 Å². The second kappa shape index (κ2) is 7.79. The highest BCUT2D eigenvalue weighted by Gasteiger charge is 2.10. The molecule has 1 atom stereocenters. The second-order valence-corrected chi connectivity index (χ2v) is 4.48. The number of carbonyl (C=O) groups is 1. The number of benzene rings is 1. The molecule has 19 heavy (non-hydrogen) atoms. The van der Waals surface area contributed by atoms with Crippen molar-refractivity contribution in [3.63, 3.8) is 0 Å². The molecule has 0 saturated heterocycles. The molecular weight excluding hydrogens is 240 g/mol. The summed E-state index contributed by atoms with van der Waals surface area (Å²) in [4.78, 5) is 13.6. The topological polar surface area (TPSA) is 52.6 Å². The highest BCUT2D eigenvalue weighted by Crippen LogP contribution is 2.20. The first kappa shape index (κ1) is 15.5. The summed E-state index contributed by atoms with van der Waals surface area (Å²) in [6.45, 7) is 7.67. The fraction of sp³-hybridized carbons (Fsp3) is 0.533. The fourth-order valence-corrected chi connectivity index (χ4v) is 1.96. The molecule has 0 bridgehead atoms. The maximum absolute atomic E-state index is 11.6. The van der Waals surface area contributed by atoms with Crippen LogP contribution in [0.1, 0.15) is 38.9 Å². The zero-order valence-electron chi connectivity index (χ0n) is 12.0. The lowest BCUT2D eigenvalue weighted by molar-refractivity contribution is -0.119. The van der Waals surface area contributed by atoms with Gasteiger partial charge in [-0.15, -0.1) is 0 Å². The molecule has 106 valence electrons. The number of carbonyl (C=O) groups excluding carboxylic acids is 1. The smallest absolute Gasteiger partial charge is 0.239 e. The number of likely N-dealkylation sites (N-methyl/N-ethyl adjacent to an activating group) is 2. The number of nitrogens with one attached hydrogen (secondary N) is 1. The molecule has 0 aliphatic heterocycles. The van der Waals surface area contributed by atoms with E-state index in [1.165, 1.54) is 0 Å². The summed E-state index contributed by atoms with van der Waals surface area (Å²) < 4.78 is 0. The van der Waals surface area contributed by atoms with Crippen molar-refractivity contribution in [2.75, 3.05) is 24.5 Å². The lowest BCUT2D eigenvalue weighted by Crippen LogP contribution is -2.37. The minimum absolute atomic E-state index is 0.0296. The van der Waals surface area contributed by atoms with Gasteiger partial charge in [0.25, 0.3) is 0 Å². The van der Waals surface area contributed by atoms with Crippen LogP contribution >= 0.6 is 0 Å². The molecule has 0 fully saturated rings. The quantitative estimate of drug-likeness (QED) is 0.793. The highest BCUT2D eigenvalue weighted by molar-refractivity contribution is 5.81. The van der Waals surface area contributed by atoms with Crippen molar-refractivity contribution in [3.05, 3.63) is 29.8 Å². The molecule has 0 heterocycles. The van der Waals surface area contributed by atoms with Crippen LogP contribution in [0.2, 0.25) is 0 Å². The average Bonchev–Trinajstić information content (AvgIpc) is 2.44. The van der Waals surface area contributed by atoms with Crippen LogP contribution in [0.25, 0.3) is 0 Å². The van der Waals surface area contributed by atoms with Gasteiger partial charge >= 0.3 is 0 Å². The SMILES string of the molecule is CCNC(=O)CN(CC)c1ccc([C@@H](O)CC)cc1. The molecule has 0 radical (unpaired) electrons. The van der Waals surface area contributed by atoms with Crippen molar-refractivity contribution in [2.24, 2.45) is 0 Å². The molecule has 1 aromatic carbocycles. The zero-order valence-corrected chi connectivity index (χ0v) is 12.0. The van der Waals surface area contributed by atoms with Crippen LogP contribution < -0.4 is 10.2 Å². The first-order valence-corrected chi connectivity index (χ1v) is 6.92. The van der Waals surface area contributed by atoms with Crippen LogP contribution in [0, 0.1) is 0 Å². The maximum atomic E-state index is 11.6. The average molecular weight is 264 g/mol. The Bertz CT molecular complexity index is 390. The minimum atomic E-state index is -0.410. The number of hydrogen-bond acceptors (Lipinski definition) is 3. The molecule has 4 heteroatoms. The molecule has 1 rings (SSSR count). The van der Waals surface area contributed by atoms with E-state index in [9.17, 15) is 9.90 Å². The Hall–Kier alpha value is -1.55. The molecule has 0 aliphatic carbocycles. The summed E-state index contributed by atoms with van der Waals surface area (Å²) >= 11 is 0. The van der Waals surface area contributed by atoms with Crippen molar-refractivity contribution in [1.29, 1.82) is 0 Å². The number of rotatable bonds is 7. The van der Waals surface area contributed by atoms with E-state index < -0.39 is 6.10 Å². The van der Waals surface area contributed by atoms with Gasteiger partial charge in [0.15, 0.2) is 0 Å². The van der Waals surface area contributed by atoms with Gasteiger partial charge in [0.2, 0.25) is 5.91 Å². The van der Waals surface area contributed by atoms with Crippen LogP contribution in [0.4, 0.5) is 5.69 Å². The van der Waals surface area contributed by atoms with Crippen molar-refractivity contribution in [1.82, 2.24) is 5.32 Å². The normalized spacial score (nSPS) is 12.0. The second-order valence-electron chi connectivity index (χ2n) is 4.48. The Labute approximate surface area is 115 Å². The van der Waals surface area contributed by atoms with Crippen molar-refractivity contribution < 1.29 is 9.90 Å². The van der Waals surface area contributed by atoms with Crippen LogP contribution in [0.15, 0.2) is 24.3 Å². The van der Waals surface area contributed by atoms with Crippen molar-refractivity contribution >= 4 is 11.6 Å². The van der Waals surface area contributed by atoms with E-state index in [0.717, 1.165) is 17.8 Å². The monoisotopic (exact) mass is 264 g/mol. The Morgan fingerprint density at radius 1 is 1.26 bits per heavy atom. The number of amides is 1. The van der Waals surface area contributed by atoms with Gasteiger partial charge in [-0.05, 0) is 38.0 Å². The van der Waals surface area contributed by atoms with Gasteiger partial charge in [-0.2, -0.15) is 0 Å². The summed E-state index contributed by atoms with van der Waals surface area (Å²) in [5.74, 6) is 0.0296. The zero-order chi connectivity index (χ0) is 14.3. The molecule has 0 unspecified atom stereocenters.